The predicted octanol–water partition coefficient (Wildman–Crippen LogP) is 2.97. The second-order valence-electron chi connectivity index (χ2n) is 5.58. The molecule has 0 bridgehead atoms. The first-order valence-electron chi connectivity index (χ1n) is 8.23. The molecule has 2 heterocycles. The molecular formula is C18H22N4O2. The van der Waals surface area contributed by atoms with E-state index in [0.717, 1.165) is 29.8 Å². The Morgan fingerprint density at radius 2 is 2.04 bits per heavy atom. The molecule has 0 spiro atoms. The summed E-state index contributed by atoms with van der Waals surface area (Å²) in [5.74, 6) is 0.669. The first kappa shape index (κ1) is 16.3. The molecule has 0 fully saturated rings. The molecule has 0 aliphatic rings. The number of likely N-dealkylation sites (N-methyl/N-ethyl adjacent to an activating group) is 1. The van der Waals surface area contributed by atoms with Crippen molar-refractivity contribution in [1.82, 2.24) is 20.4 Å². The van der Waals surface area contributed by atoms with E-state index in [1.807, 2.05) is 36.4 Å². The van der Waals surface area contributed by atoms with Gasteiger partial charge in [-0.15, -0.1) is 0 Å². The van der Waals surface area contributed by atoms with E-state index in [0.29, 0.717) is 12.2 Å². The number of para-hydroxylation sites is 1. The average Bonchev–Trinajstić information content (AvgIpc) is 3.27. The molecular weight excluding hydrogens is 304 g/mol. The highest BCUT2D eigenvalue weighted by molar-refractivity contribution is 6.04. The number of carbonyl (C=O) groups is 1. The van der Waals surface area contributed by atoms with Crippen molar-refractivity contribution in [2.75, 3.05) is 19.6 Å². The number of aromatic nitrogens is 2. The Morgan fingerprint density at radius 3 is 2.75 bits per heavy atom. The van der Waals surface area contributed by atoms with E-state index in [-0.39, 0.29) is 11.9 Å². The van der Waals surface area contributed by atoms with E-state index in [9.17, 15) is 4.79 Å². The van der Waals surface area contributed by atoms with Crippen LogP contribution in [0.15, 0.2) is 47.1 Å². The summed E-state index contributed by atoms with van der Waals surface area (Å²) in [5, 5.41) is 10.9. The number of H-pyrrole nitrogens is 1. The minimum absolute atomic E-state index is 0.00385. The van der Waals surface area contributed by atoms with Gasteiger partial charge in [0.25, 0.3) is 5.91 Å². The van der Waals surface area contributed by atoms with E-state index in [1.165, 1.54) is 0 Å². The standard InChI is InChI=1S/C18H22N4O2/c1-3-22(4-2)15(16-10-7-11-24-16)12-19-18(23)17-13-8-5-6-9-14(13)20-21-17/h5-11,15H,3-4,12H2,1-2H3,(H,19,23)(H,20,21). The van der Waals surface area contributed by atoms with Gasteiger partial charge in [-0.05, 0) is 31.3 Å². The van der Waals surface area contributed by atoms with E-state index < -0.39 is 0 Å². The number of nitrogens with zero attached hydrogens (tertiary/aromatic N) is 2. The van der Waals surface area contributed by atoms with Crippen molar-refractivity contribution < 1.29 is 9.21 Å². The van der Waals surface area contributed by atoms with E-state index in [4.69, 9.17) is 4.42 Å². The van der Waals surface area contributed by atoms with Crippen LogP contribution in [0.4, 0.5) is 0 Å². The number of furan rings is 1. The highest BCUT2D eigenvalue weighted by atomic mass is 16.3. The molecule has 0 saturated carbocycles. The maximum atomic E-state index is 12.6. The molecule has 1 amide bonds. The third-order valence-electron chi connectivity index (χ3n) is 4.27. The monoisotopic (exact) mass is 326 g/mol. The number of fused-ring (bicyclic) bond motifs is 1. The lowest BCUT2D eigenvalue weighted by atomic mass is 10.1. The molecule has 1 unspecified atom stereocenters. The summed E-state index contributed by atoms with van der Waals surface area (Å²) in [6, 6.07) is 11.4. The van der Waals surface area contributed by atoms with Gasteiger partial charge >= 0.3 is 0 Å². The van der Waals surface area contributed by atoms with Gasteiger partial charge in [-0.3, -0.25) is 14.8 Å². The zero-order valence-corrected chi connectivity index (χ0v) is 14.0. The topological polar surface area (TPSA) is 74.2 Å². The molecule has 24 heavy (non-hydrogen) atoms. The highest BCUT2D eigenvalue weighted by Gasteiger charge is 2.22. The fourth-order valence-corrected chi connectivity index (χ4v) is 2.96. The van der Waals surface area contributed by atoms with Crippen molar-refractivity contribution >= 4 is 16.8 Å². The molecule has 2 N–H and O–H groups in total. The van der Waals surface area contributed by atoms with Crippen molar-refractivity contribution in [2.24, 2.45) is 0 Å². The number of hydrogen-bond acceptors (Lipinski definition) is 4. The Morgan fingerprint density at radius 1 is 1.25 bits per heavy atom. The van der Waals surface area contributed by atoms with Crippen molar-refractivity contribution in [3.05, 3.63) is 54.1 Å². The number of rotatable bonds is 7. The van der Waals surface area contributed by atoms with Crippen molar-refractivity contribution in [2.45, 2.75) is 19.9 Å². The SMILES string of the molecule is CCN(CC)C(CNC(=O)c1n[nH]c2ccccc12)c1ccco1. The van der Waals surface area contributed by atoms with Gasteiger partial charge in [0.2, 0.25) is 0 Å². The van der Waals surface area contributed by atoms with Gasteiger partial charge in [0, 0.05) is 11.9 Å². The molecule has 0 saturated heterocycles. The van der Waals surface area contributed by atoms with Crippen LogP contribution in [-0.2, 0) is 0 Å². The number of aromatic amines is 1. The van der Waals surface area contributed by atoms with E-state index in [1.54, 1.807) is 6.26 Å². The summed E-state index contributed by atoms with van der Waals surface area (Å²) in [5.41, 5.74) is 1.28. The lowest BCUT2D eigenvalue weighted by Crippen LogP contribution is -2.38. The summed E-state index contributed by atoms with van der Waals surface area (Å²) >= 11 is 0. The third kappa shape index (κ3) is 3.19. The maximum Gasteiger partial charge on any atom is 0.272 e. The lowest BCUT2D eigenvalue weighted by molar-refractivity contribution is 0.0926. The van der Waals surface area contributed by atoms with Gasteiger partial charge in [0.05, 0.1) is 17.8 Å². The molecule has 126 valence electrons. The Balaban J connectivity index is 1.75. The fraction of sp³-hybridized carbons (Fsp3) is 0.333. The van der Waals surface area contributed by atoms with Crippen LogP contribution in [-0.4, -0.2) is 40.6 Å². The smallest absolute Gasteiger partial charge is 0.272 e. The normalized spacial score (nSPS) is 12.6. The molecule has 3 rings (SSSR count). The zero-order valence-electron chi connectivity index (χ0n) is 14.0. The van der Waals surface area contributed by atoms with Gasteiger partial charge in [-0.2, -0.15) is 5.10 Å². The van der Waals surface area contributed by atoms with Crippen LogP contribution in [0.1, 0.15) is 36.1 Å². The Labute approximate surface area is 140 Å². The van der Waals surface area contributed by atoms with Crippen LogP contribution in [0.25, 0.3) is 10.9 Å². The highest BCUT2D eigenvalue weighted by Crippen LogP contribution is 2.21. The minimum Gasteiger partial charge on any atom is -0.468 e. The van der Waals surface area contributed by atoms with Crippen molar-refractivity contribution in [3.63, 3.8) is 0 Å². The summed E-state index contributed by atoms with van der Waals surface area (Å²) in [4.78, 5) is 14.8. The molecule has 0 aliphatic carbocycles. The molecule has 0 radical (unpaired) electrons. The third-order valence-corrected chi connectivity index (χ3v) is 4.27. The van der Waals surface area contributed by atoms with Gasteiger partial charge in [0.15, 0.2) is 5.69 Å². The Bertz CT molecular complexity index is 790. The molecule has 0 aliphatic heterocycles. The van der Waals surface area contributed by atoms with E-state index in [2.05, 4.69) is 34.3 Å². The Hall–Kier alpha value is -2.60. The quantitative estimate of drug-likeness (QED) is 0.700. The fourth-order valence-electron chi connectivity index (χ4n) is 2.96. The molecule has 1 aromatic carbocycles. The van der Waals surface area contributed by atoms with E-state index >= 15 is 0 Å². The van der Waals surface area contributed by atoms with Gasteiger partial charge in [0.1, 0.15) is 5.76 Å². The lowest BCUT2D eigenvalue weighted by Gasteiger charge is -2.28. The number of nitrogens with one attached hydrogen (secondary N) is 2. The summed E-state index contributed by atoms with van der Waals surface area (Å²) in [6.07, 6.45) is 1.66. The van der Waals surface area contributed by atoms with Gasteiger partial charge in [-0.1, -0.05) is 32.0 Å². The van der Waals surface area contributed by atoms with Crippen LogP contribution in [0.2, 0.25) is 0 Å². The zero-order chi connectivity index (χ0) is 16.9. The van der Waals surface area contributed by atoms with Crippen LogP contribution < -0.4 is 5.32 Å². The van der Waals surface area contributed by atoms with Gasteiger partial charge in [-0.25, -0.2) is 0 Å². The molecule has 2 aromatic heterocycles. The Kier molecular flexibility index (Phi) is 4.96. The van der Waals surface area contributed by atoms with Crippen molar-refractivity contribution in [1.29, 1.82) is 0 Å². The second-order valence-corrected chi connectivity index (χ2v) is 5.58. The van der Waals surface area contributed by atoms with Crippen LogP contribution in [0.3, 0.4) is 0 Å². The molecule has 6 nitrogen and oxygen atoms in total. The maximum absolute atomic E-state index is 12.6. The minimum atomic E-state index is -0.184. The molecule has 1 atom stereocenters. The number of benzene rings is 1. The first-order valence-corrected chi connectivity index (χ1v) is 8.23. The largest absolute Gasteiger partial charge is 0.468 e. The molecule has 3 aromatic rings. The second kappa shape index (κ2) is 7.31. The first-order chi connectivity index (χ1) is 11.7. The van der Waals surface area contributed by atoms with Gasteiger partial charge < -0.3 is 9.73 Å². The summed E-state index contributed by atoms with van der Waals surface area (Å²) in [6.45, 7) is 6.42. The van der Waals surface area contributed by atoms with Crippen LogP contribution in [0.5, 0.6) is 0 Å². The van der Waals surface area contributed by atoms with Crippen LogP contribution in [0, 0.1) is 0 Å². The summed E-state index contributed by atoms with van der Waals surface area (Å²) in [7, 11) is 0. The predicted molar refractivity (Wildman–Crippen MR) is 92.8 cm³/mol. The molecule has 6 heteroatoms. The number of hydrogen-bond donors (Lipinski definition) is 2. The van der Waals surface area contributed by atoms with Crippen molar-refractivity contribution in [3.8, 4) is 0 Å². The number of amides is 1. The average molecular weight is 326 g/mol. The van der Waals surface area contributed by atoms with Crippen LogP contribution >= 0.6 is 0 Å². The summed E-state index contributed by atoms with van der Waals surface area (Å²) < 4.78 is 5.56. The number of carbonyl (C=O) groups excluding carboxylic acids is 1.